The topological polar surface area (TPSA) is 77.5 Å². The van der Waals surface area contributed by atoms with E-state index in [0.717, 1.165) is 17.6 Å². The highest BCUT2D eigenvalue weighted by atomic mass is 16.5. The number of fused-ring (bicyclic) bond motifs is 1. The molecule has 1 aliphatic carbocycles. The Kier molecular flexibility index (Phi) is 3.12. The second-order valence-corrected chi connectivity index (χ2v) is 4.96. The van der Waals surface area contributed by atoms with Gasteiger partial charge < -0.3 is 15.8 Å². The molecule has 2 aromatic heterocycles. The fourth-order valence-corrected chi connectivity index (χ4v) is 2.48. The molecule has 1 fully saturated rings. The Morgan fingerprint density at radius 1 is 1.58 bits per heavy atom. The Labute approximate surface area is 112 Å². The maximum Gasteiger partial charge on any atom is 0.243 e. The van der Waals surface area contributed by atoms with Crippen LogP contribution in [-0.4, -0.2) is 39.4 Å². The second-order valence-electron chi connectivity index (χ2n) is 4.96. The minimum Gasteiger partial charge on any atom is -0.376 e. The van der Waals surface area contributed by atoms with E-state index in [1.807, 2.05) is 32.2 Å². The van der Waals surface area contributed by atoms with Crippen molar-refractivity contribution in [1.82, 2.24) is 14.6 Å². The Morgan fingerprint density at radius 3 is 3.11 bits per heavy atom. The summed E-state index contributed by atoms with van der Waals surface area (Å²) in [5.74, 6) is 0.610. The molecule has 1 saturated carbocycles. The molecule has 3 N–H and O–H groups in total. The Morgan fingerprint density at radius 2 is 2.42 bits per heavy atom. The summed E-state index contributed by atoms with van der Waals surface area (Å²) in [5.41, 5.74) is 7.98. The standard InChI is InChI=1S/C13H19N5O/c1-3-19-10-7-9(14)11(10)15-13-16-12-8(2)5-4-6-18(12)17-13/h4-6,9-11H,3,7,14H2,1-2H3,(H,15,17). The largest absolute Gasteiger partial charge is 0.376 e. The first-order valence-electron chi connectivity index (χ1n) is 6.64. The van der Waals surface area contributed by atoms with E-state index in [4.69, 9.17) is 10.5 Å². The van der Waals surface area contributed by atoms with Crippen LogP contribution in [0.2, 0.25) is 0 Å². The van der Waals surface area contributed by atoms with Crippen LogP contribution < -0.4 is 11.1 Å². The van der Waals surface area contributed by atoms with Crippen LogP contribution in [0.4, 0.5) is 5.95 Å². The van der Waals surface area contributed by atoms with Gasteiger partial charge in [0.2, 0.25) is 5.95 Å². The number of nitrogens with two attached hydrogens (primary N) is 1. The number of hydrogen-bond acceptors (Lipinski definition) is 5. The SMILES string of the molecule is CCOC1CC(N)C1Nc1nc2c(C)cccn2n1. The molecule has 0 amide bonds. The van der Waals surface area contributed by atoms with Crippen LogP contribution in [0.3, 0.4) is 0 Å². The van der Waals surface area contributed by atoms with Crippen LogP contribution in [0.15, 0.2) is 18.3 Å². The van der Waals surface area contributed by atoms with E-state index in [0.29, 0.717) is 12.6 Å². The fraction of sp³-hybridized carbons (Fsp3) is 0.538. The molecule has 6 nitrogen and oxygen atoms in total. The van der Waals surface area contributed by atoms with Crippen molar-refractivity contribution < 1.29 is 4.74 Å². The lowest BCUT2D eigenvalue weighted by Gasteiger charge is -2.42. The minimum absolute atomic E-state index is 0.0951. The molecule has 0 saturated heterocycles. The van der Waals surface area contributed by atoms with Crippen molar-refractivity contribution in [1.29, 1.82) is 0 Å². The quantitative estimate of drug-likeness (QED) is 0.857. The predicted molar refractivity (Wildman–Crippen MR) is 73.1 cm³/mol. The average molecular weight is 261 g/mol. The van der Waals surface area contributed by atoms with Crippen molar-refractivity contribution in [3.63, 3.8) is 0 Å². The summed E-state index contributed by atoms with van der Waals surface area (Å²) in [6.07, 6.45) is 2.94. The summed E-state index contributed by atoms with van der Waals surface area (Å²) in [5, 5.41) is 7.69. The van der Waals surface area contributed by atoms with Crippen LogP contribution in [-0.2, 0) is 4.74 Å². The molecule has 102 valence electrons. The zero-order valence-electron chi connectivity index (χ0n) is 11.2. The zero-order chi connectivity index (χ0) is 13.4. The van der Waals surface area contributed by atoms with E-state index >= 15 is 0 Å². The van der Waals surface area contributed by atoms with Gasteiger partial charge in [-0.1, -0.05) is 6.07 Å². The van der Waals surface area contributed by atoms with Gasteiger partial charge in [0, 0.05) is 18.8 Å². The van der Waals surface area contributed by atoms with E-state index in [1.165, 1.54) is 0 Å². The molecular weight excluding hydrogens is 242 g/mol. The third-order valence-corrected chi connectivity index (χ3v) is 3.60. The van der Waals surface area contributed by atoms with Crippen LogP contribution in [0.5, 0.6) is 0 Å². The average Bonchev–Trinajstić information content (AvgIpc) is 2.80. The normalized spacial score (nSPS) is 26.4. The molecule has 2 aromatic rings. The second kappa shape index (κ2) is 4.79. The number of aryl methyl sites for hydroxylation is 1. The fourth-order valence-electron chi connectivity index (χ4n) is 2.48. The van der Waals surface area contributed by atoms with Gasteiger partial charge in [0.15, 0.2) is 5.65 Å². The van der Waals surface area contributed by atoms with Gasteiger partial charge in [-0.2, -0.15) is 4.98 Å². The first kappa shape index (κ1) is 12.4. The van der Waals surface area contributed by atoms with Crippen LogP contribution >= 0.6 is 0 Å². The predicted octanol–water partition coefficient (Wildman–Crippen LogP) is 0.954. The zero-order valence-corrected chi connectivity index (χ0v) is 11.2. The van der Waals surface area contributed by atoms with Gasteiger partial charge in [0.25, 0.3) is 0 Å². The van der Waals surface area contributed by atoms with Gasteiger partial charge in [-0.15, -0.1) is 5.10 Å². The third kappa shape index (κ3) is 2.17. The molecule has 6 heteroatoms. The molecular formula is C13H19N5O. The highest BCUT2D eigenvalue weighted by Gasteiger charge is 2.40. The molecule has 0 spiro atoms. The molecule has 3 atom stereocenters. The number of pyridine rings is 1. The number of rotatable bonds is 4. The van der Waals surface area contributed by atoms with Crippen molar-refractivity contribution in [3.05, 3.63) is 23.9 Å². The van der Waals surface area contributed by atoms with Gasteiger partial charge in [0.05, 0.1) is 12.1 Å². The number of ether oxygens (including phenoxy) is 1. The summed E-state index contributed by atoms with van der Waals surface area (Å²) < 4.78 is 7.40. The monoisotopic (exact) mass is 261 g/mol. The number of nitrogens with one attached hydrogen (secondary N) is 1. The lowest BCUT2D eigenvalue weighted by atomic mass is 9.83. The minimum atomic E-state index is 0.0951. The van der Waals surface area contributed by atoms with E-state index < -0.39 is 0 Å². The van der Waals surface area contributed by atoms with Gasteiger partial charge in [-0.3, -0.25) is 0 Å². The molecule has 19 heavy (non-hydrogen) atoms. The molecule has 0 bridgehead atoms. The summed E-state index contributed by atoms with van der Waals surface area (Å²) >= 11 is 0. The number of nitrogens with zero attached hydrogens (tertiary/aromatic N) is 3. The highest BCUT2D eigenvalue weighted by Crippen LogP contribution is 2.25. The number of aromatic nitrogens is 3. The van der Waals surface area contributed by atoms with Gasteiger partial charge in [0.1, 0.15) is 0 Å². The van der Waals surface area contributed by atoms with Gasteiger partial charge in [-0.05, 0) is 31.9 Å². The van der Waals surface area contributed by atoms with E-state index in [9.17, 15) is 0 Å². The Bertz CT molecular complexity index is 579. The van der Waals surface area contributed by atoms with Crippen molar-refractivity contribution in [2.24, 2.45) is 5.73 Å². The Balaban J connectivity index is 1.79. The van der Waals surface area contributed by atoms with Crippen LogP contribution in [0.1, 0.15) is 18.9 Å². The molecule has 0 aliphatic heterocycles. The molecule has 2 heterocycles. The smallest absolute Gasteiger partial charge is 0.243 e. The van der Waals surface area contributed by atoms with E-state index in [2.05, 4.69) is 15.4 Å². The first-order chi connectivity index (χ1) is 9.19. The number of hydrogen-bond donors (Lipinski definition) is 2. The molecule has 3 rings (SSSR count). The summed E-state index contributed by atoms with van der Waals surface area (Å²) in [4.78, 5) is 4.49. The lowest BCUT2D eigenvalue weighted by molar-refractivity contribution is -0.0128. The number of anilines is 1. The maximum atomic E-state index is 6.01. The van der Waals surface area contributed by atoms with E-state index in [1.54, 1.807) is 4.52 Å². The van der Waals surface area contributed by atoms with Crippen LogP contribution in [0.25, 0.3) is 5.65 Å². The van der Waals surface area contributed by atoms with Crippen molar-refractivity contribution in [3.8, 4) is 0 Å². The van der Waals surface area contributed by atoms with Gasteiger partial charge in [-0.25, -0.2) is 4.52 Å². The Hall–Kier alpha value is -1.66. The summed E-state index contributed by atoms with van der Waals surface area (Å²) in [6, 6.07) is 4.17. The van der Waals surface area contributed by atoms with E-state index in [-0.39, 0.29) is 18.2 Å². The third-order valence-electron chi connectivity index (χ3n) is 3.60. The summed E-state index contributed by atoms with van der Waals surface area (Å²) in [7, 11) is 0. The van der Waals surface area contributed by atoms with Gasteiger partial charge >= 0.3 is 0 Å². The van der Waals surface area contributed by atoms with Crippen molar-refractivity contribution in [2.45, 2.75) is 38.5 Å². The van der Waals surface area contributed by atoms with Crippen LogP contribution in [0, 0.1) is 6.92 Å². The molecule has 0 radical (unpaired) electrons. The maximum absolute atomic E-state index is 6.01. The van der Waals surface area contributed by atoms with Crippen molar-refractivity contribution in [2.75, 3.05) is 11.9 Å². The molecule has 3 unspecified atom stereocenters. The summed E-state index contributed by atoms with van der Waals surface area (Å²) in [6.45, 7) is 4.71. The molecule has 1 aliphatic rings. The molecule has 0 aromatic carbocycles. The van der Waals surface area contributed by atoms with Crippen molar-refractivity contribution >= 4 is 11.6 Å². The highest BCUT2D eigenvalue weighted by molar-refractivity contribution is 5.50. The first-order valence-corrected chi connectivity index (χ1v) is 6.64. The lowest BCUT2D eigenvalue weighted by Crippen LogP contribution is -2.60.